The van der Waals surface area contributed by atoms with Crippen LogP contribution < -0.4 is 10.6 Å². The predicted octanol–water partition coefficient (Wildman–Crippen LogP) is 2.24. The third kappa shape index (κ3) is 2.87. The standard InChI is InChI=1S/C13H20N2OS/c1-9-8-11(17-10(9)2)12(16)15-13(3)4-6-14-7-5-13/h8,14H,4-7H2,1-3H3,(H,15,16). The van der Waals surface area contributed by atoms with Gasteiger partial charge < -0.3 is 10.6 Å². The molecule has 1 saturated heterocycles. The highest BCUT2D eigenvalue weighted by molar-refractivity contribution is 7.14. The molecule has 1 aliphatic heterocycles. The van der Waals surface area contributed by atoms with Gasteiger partial charge in [-0.2, -0.15) is 0 Å². The van der Waals surface area contributed by atoms with Gasteiger partial charge in [0.1, 0.15) is 0 Å². The predicted molar refractivity (Wildman–Crippen MR) is 71.8 cm³/mol. The number of hydrogen-bond donors (Lipinski definition) is 2. The molecular weight excluding hydrogens is 232 g/mol. The maximum absolute atomic E-state index is 12.2. The Kier molecular flexibility index (Phi) is 3.54. The minimum atomic E-state index is -0.0475. The summed E-state index contributed by atoms with van der Waals surface area (Å²) in [5.74, 6) is 0.0793. The molecule has 0 saturated carbocycles. The lowest BCUT2D eigenvalue weighted by atomic mass is 9.90. The first kappa shape index (κ1) is 12.6. The van der Waals surface area contributed by atoms with Gasteiger partial charge in [0.15, 0.2) is 0 Å². The first-order valence-corrected chi connectivity index (χ1v) is 6.92. The molecule has 1 aromatic rings. The topological polar surface area (TPSA) is 41.1 Å². The molecule has 1 amide bonds. The molecule has 0 spiro atoms. The van der Waals surface area contributed by atoms with Crippen LogP contribution in [0, 0.1) is 13.8 Å². The second-order valence-corrected chi connectivity index (χ2v) is 6.37. The SMILES string of the molecule is Cc1cc(C(=O)NC2(C)CCNCC2)sc1C. The second-order valence-electron chi connectivity index (χ2n) is 5.11. The molecule has 2 heterocycles. The van der Waals surface area contributed by atoms with E-state index in [4.69, 9.17) is 0 Å². The van der Waals surface area contributed by atoms with E-state index in [-0.39, 0.29) is 11.4 Å². The zero-order chi connectivity index (χ0) is 12.5. The number of aryl methyl sites for hydroxylation is 2. The average molecular weight is 252 g/mol. The van der Waals surface area contributed by atoms with Crippen molar-refractivity contribution in [2.45, 2.75) is 39.2 Å². The lowest BCUT2D eigenvalue weighted by molar-refractivity contribution is 0.0892. The zero-order valence-corrected chi connectivity index (χ0v) is 11.5. The minimum Gasteiger partial charge on any atom is -0.346 e. The molecule has 4 heteroatoms. The van der Waals surface area contributed by atoms with Crippen LogP contribution in [-0.2, 0) is 0 Å². The van der Waals surface area contributed by atoms with Crippen LogP contribution in [0.3, 0.4) is 0 Å². The van der Waals surface area contributed by atoms with Crippen molar-refractivity contribution < 1.29 is 4.79 Å². The largest absolute Gasteiger partial charge is 0.346 e. The summed E-state index contributed by atoms with van der Waals surface area (Å²) >= 11 is 1.58. The van der Waals surface area contributed by atoms with E-state index in [1.165, 1.54) is 10.4 Å². The van der Waals surface area contributed by atoms with Gasteiger partial charge in [-0.1, -0.05) is 0 Å². The van der Waals surface area contributed by atoms with Crippen LogP contribution in [0.4, 0.5) is 0 Å². The molecule has 17 heavy (non-hydrogen) atoms. The van der Waals surface area contributed by atoms with Crippen LogP contribution in [0.1, 0.15) is 39.9 Å². The summed E-state index contributed by atoms with van der Waals surface area (Å²) in [6.45, 7) is 8.22. The van der Waals surface area contributed by atoms with E-state index in [9.17, 15) is 4.79 Å². The fourth-order valence-corrected chi connectivity index (χ4v) is 3.05. The number of amides is 1. The van der Waals surface area contributed by atoms with Crippen molar-refractivity contribution in [3.8, 4) is 0 Å². The Balaban J connectivity index is 2.05. The number of thiophene rings is 1. The average Bonchev–Trinajstić information content (AvgIpc) is 2.60. The molecule has 0 atom stereocenters. The highest BCUT2D eigenvalue weighted by atomic mass is 32.1. The highest BCUT2D eigenvalue weighted by Gasteiger charge is 2.29. The van der Waals surface area contributed by atoms with Crippen molar-refractivity contribution in [3.63, 3.8) is 0 Å². The number of nitrogens with one attached hydrogen (secondary N) is 2. The molecule has 3 nitrogen and oxygen atoms in total. The van der Waals surface area contributed by atoms with Crippen molar-refractivity contribution >= 4 is 17.2 Å². The Labute approximate surface area is 107 Å². The van der Waals surface area contributed by atoms with E-state index in [1.807, 2.05) is 6.07 Å². The maximum atomic E-state index is 12.2. The van der Waals surface area contributed by atoms with Gasteiger partial charge >= 0.3 is 0 Å². The second kappa shape index (κ2) is 4.78. The van der Waals surface area contributed by atoms with Crippen molar-refractivity contribution in [2.24, 2.45) is 0 Å². The van der Waals surface area contributed by atoms with Crippen LogP contribution in [0.25, 0.3) is 0 Å². The van der Waals surface area contributed by atoms with Gasteiger partial charge in [-0.3, -0.25) is 4.79 Å². The van der Waals surface area contributed by atoms with Gasteiger partial charge in [0.05, 0.1) is 4.88 Å². The molecule has 0 radical (unpaired) electrons. The molecule has 2 N–H and O–H groups in total. The lowest BCUT2D eigenvalue weighted by Crippen LogP contribution is -2.52. The smallest absolute Gasteiger partial charge is 0.261 e. The summed E-state index contributed by atoms with van der Waals surface area (Å²) in [5, 5.41) is 6.50. The summed E-state index contributed by atoms with van der Waals surface area (Å²) in [6.07, 6.45) is 2.00. The number of carbonyl (C=O) groups is 1. The minimum absolute atomic E-state index is 0.0475. The third-order valence-corrected chi connectivity index (χ3v) is 4.66. The fraction of sp³-hybridized carbons (Fsp3) is 0.615. The Hall–Kier alpha value is -0.870. The molecular formula is C13H20N2OS. The lowest BCUT2D eigenvalue weighted by Gasteiger charge is -2.34. The monoisotopic (exact) mass is 252 g/mol. The van der Waals surface area contributed by atoms with Crippen LogP contribution in [0.2, 0.25) is 0 Å². The van der Waals surface area contributed by atoms with Crippen molar-refractivity contribution in [1.29, 1.82) is 0 Å². The van der Waals surface area contributed by atoms with E-state index in [1.54, 1.807) is 11.3 Å². The fourth-order valence-electron chi connectivity index (χ4n) is 2.12. The van der Waals surface area contributed by atoms with E-state index in [0.717, 1.165) is 30.8 Å². The Morgan fingerprint density at radius 3 is 2.59 bits per heavy atom. The zero-order valence-electron chi connectivity index (χ0n) is 10.7. The molecule has 0 aromatic carbocycles. The third-order valence-electron chi connectivity index (χ3n) is 3.51. The van der Waals surface area contributed by atoms with Crippen LogP contribution in [0.5, 0.6) is 0 Å². The van der Waals surface area contributed by atoms with Crippen molar-refractivity contribution in [3.05, 3.63) is 21.4 Å². The maximum Gasteiger partial charge on any atom is 0.261 e. The summed E-state index contributed by atoms with van der Waals surface area (Å²) in [7, 11) is 0. The molecule has 1 aromatic heterocycles. The van der Waals surface area contributed by atoms with E-state index < -0.39 is 0 Å². The van der Waals surface area contributed by atoms with Gasteiger partial charge in [-0.15, -0.1) is 11.3 Å². The Morgan fingerprint density at radius 2 is 2.06 bits per heavy atom. The number of piperidine rings is 1. The first-order chi connectivity index (χ1) is 8.00. The molecule has 94 valence electrons. The normalized spacial score (nSPS) is 19.0. The van der Waals surface area contributed by atoms with E-state index >= 15 is 0 Å². The van der Waals surface area contributed by atoms with Crippen LogP contribution >= 0.6 is 11.3 Å². The molecule has 0 unspecified atom stereocenters. The van der Waals surface area contributed by atoms with Gasteiger partial charge in [0, 0.05) is 10.4 Å². The Morgan fingerprint density at radius 1 is 1.41 bits per heavy atom. The van der Waals surface area contributed by atoms with Crippen molar-refractivity contribution in [1.82, 2.24) is 10.6 Å². The number of rotatable bonds is 2. The van der Waals surface area contributed by atoms with Crippen LogP contribution in [0.15, 0.2) is 6.07 Å². The molecule has 1 fully saturated rings. The van der Waals surface area contributed by atoms with Crippen molar-refractivity contribution in [2.75, 3.05) is 13.1 Å². The Bertz CT molecular complexity index is 400. The quantitative estimate of drug-likeness (QED) is 0.847. The van der Waals surface area contributed by atoms with E-state index in [0.29, 0.717) is 0 Å². The van der Waals surface area contributed by atoms with Gasteiger partial charge in [0.25, 0.3) is 5.91 Å². The summed E-state index contributed by atoms with van der Waals surface area (Å²) in [4.78, 5) is 14.2. The summed E-state index contributed by atoms with van der Waals surface area (Å²) in [5.41, 5.74) is 1.16. The highest BCUT2D eigenvalue weighted by Crippen LogP contribution is 2.23. The number of hydrogen-bond acceptors (Lipinski definition) is 3. The van der Waals surface area contributed by atoms with E-state index in [2.05, 4.69) is 31.4 Å². The summed E-state index contributed by atoms with van der Waals surface area (Å²) < 4.78 is 0. The van der Waals surface area contributed by atoms with Gasteiger partial charge in [-0.25, -0.2) is 0 Å². The first-order valence-electron chi connectivity index (χ1n) is 6.10. The molecule has 0 bridgehead atoms. The molecule has 0 aliphatic carbocycles. The summed E-state index contributed by atoms with van der Waals surface area (Å²) in [6, 6.07) is 1.99. The van der Waals surface area contributed by atoms with Gasteiger partial charge in [-0.05, 0) is 58.3 Å². The molecule has 2 rings (SSSR count). The molecule has 1 aliphatic rings. The van der Waals surface area contributed by atoms with Crippen LogP contribution in [-0.4, -0.2) is 24.5 Å². The number of carbonyl (C=O) groups excluding carboxylic acids is 1. The van der Waals surface area contributed by atoms with Gasteiger partial charge in [0.2, 0.25) is 0 Å².